The third kappa shape index (κ3) is 3.56. The maximum atomic E-state index is 12.3. The van der Waals surface area contributed by atoms with Gasteiger partial charge >= 0.3 is 0 Å². The van der Waals surface area contributed by atoms with Crippen molar-refractivity contribution in [3.63, 3.8) is 0 Å². The number of nitrogens with one attached hydrogen (secondary N) is 2. The van der Waals surface area contributed by atoms with Crippen LogP contribution in [0.3, 0.4) is 0 Å². The zero-order valence-corrected chi connectivity index (χ0v) is 15.6. The van der Waals surface area contributed by atoms with Crippen LogP contribution in [0.15, 0.2) is 48.9 Å². The second-order valence-electron chi connectivity index (χ2n) is 7.08. The fraction of sp³-hybridized carbons (Fsp3) is 0.286. The average Bonchev–Trinajstić information content (AvgIpc) is 3.26. The minimum atomic E-state index is 0.00671. The van der Waals surface area contributed by atoms with Gasteiger partial charge in [0, 0.05) is 34.9 Å². The lowest BCUT2D eigenvalue weighted by Crippen LogP contribution is -2.12. The van der Waals surface area contributed by atoms with Gasteiger partial charge in [-0.15, -0.1) is 0 Å². The summed E-state index contributed by atoms with van der Waals surface area (Å²) < 4.78 is 1.88. The average molecular weight is 361 g/mol. The summed E-state index contributed by atoms with van der Waals surface area (Å²) in [6.07, 6.45) is 7.66. The van der Waals surface area contributed by atoms with E-state index >= 15 is 0 Å². The van der Waals surface area contributed by atoms with Crippen LogP contribution in [0.5, 0.6) is 0 Å². The molecule has 4 aromatic rings. The number of amides is 1. The van der Waals surface area contributed by atoms with Gasteiger partial charge in [0.1, 0.15) is 0 Å². The number of hydrogen-bond acceptors (Lipinski definition) is 3. The number of hydrogen-bond donors (Lipinski definition) is 2. The summed E-state index contributed by atoms with van der Waals surface area (Å²) in [6, 6.07) is 10.4. The smallest absolute Gasteiger partial charge is 0.224 e. The van der Waals surface area contributed by atoms with Crippen LogP contribution in [0.2, 0.25) is 0 Å². The van der Waals surface area contributed by atoms with Crippen molar-refractivity contribution in [2.45, 2.75) is 39.2 Å². The highest BCUT2D eigenvalue weighted by Crippen LogP contribution is 2.21. The van der Waals surface area contributed by atoms with Crippen molar-refractivity contribution >= 4 is 33.5 Å². The Morgan fingerprint density at radius 2 is 2.11 bits per heavy atom. The lowest BCUT2D eigenvalue weighted by molar-refractivity contribution is -0.116. The Morgan fingerprint density at radius 1 is 1.26 bits per heavy atom. The summed E-state index contributed by atoms with van der Waals surface area (Å²) in [5.41, 5.74) is 3.94. The number of pyridine rings is 1. The van der Waals surface area contributed by atoms with E-state index in [4.69, 9.17) is 0 Å². The SMILES string of the molecule is CC(C)n1ncc2cc(NC(=O)CCCc3c[nH]c4ccccc34)cnc21. The summed E-state index contributed by atoms with van der Waals surface area (Å²) in [7, 11) is 0. The van der Waals surface area contributed by atoms with Gasteiger partial charge in [0.25, 0.3) is 0 Å². The molecule has 0 atom stereocenters. The molecule has 3 heterocycles. The van der Waals surface area contributed by atoms with E-state index in [1.54, 1.807) is 12.4 Å². The fourth-order valence-electron chi connectivity index (χ4n) is 3.39. The molecule has 0 fully saturated rings. The molecule has 0 unspecified atom stereocenters. The second kappa shape index (κ2) is 7.23. The molecule has 3 aromatic heterocycles. The lowest BCUT2D eigenvalue weighted by Gasteiger charge is -2.07. The first-order valence-corrected chi connectivity index (χ1v) is 9.30. The van der Waals surface area contributed by atoms with Crippen LogP contribution in [-0.2, 0) is 11.2 Å². The third-order valence-electron chi connectivity index (χ3n) is 4.73. The van der Waals surface area contributed by atoms with Crippen LogP contribution in [0.4, 0.5) is 5.69 Å². The molecule has 6 heteroatoms. The minimum Gasteiger partial charge on any atom is -0.361 e. The molecule has 0 spiro atoms. The fourth-order valence-corrected chi connectivity index (χ4v) is 3.39. The number of aryl methyl sites for hydroxylation is 1. The number of nitrogens with zero attached hydrogens (tertiary/aromatic N) is 3. The van der Waals surface area contributed by atoms with Gasteiger partial charge in [0.15, 0.2) is 5.65 Å². The van der Waals surface area contributed by atoms with Crippen LogP contribution in [0.25, 0.3) is 21.9 Å². The van der Waals surface area contributed by atoms with E-state index in [0.717, 1.165) is 29.4 Å². The van der Waals surface area contributed by atoms with E-state index in [1.165, 1.54) is 10.9 Å². The van der Waals surface area contributed by atoms with Gasteiger partial charge in [-0.1, -0.05) is 18.2 Å². The standard InChI is InChI=1S/C21H23N5O/c1-14(2)26-21-16(12-24-26)10-17(13-23-21)25-20(27)9-5-6-15-11-22-19-8-4-3-7-18(15)19/h3-4,7-8,10-14,22H,5-6,9H2,1-2H3,(H,25,27). The van der Waals surface area contributed by atoms with Gasteiger partial charge in [0.05, 0.1) is 18.1 Å². The van der Waals surface area contributed by atoms with E-state index in [9.17, 15) is 4.79 Å². The Kier molecular flexibility index (Phi) is 4.62. The van der Waals surface area contributed by atoms with Crippen molar-refractivity contribution in [2.24, 2.45) is 0 Å². The van der Waals surface area contributed by atoms with Crippen molar-refractivity contribution in [2.75, 3.05) is 5.32 Å². The highest BCUT2D eigenvalue weighted by Gasteiger charge is 2.10. The topological polar surface area (TPSA) is 75.6 Å². The van der Waals surface area contributed by atoms with Gasteiger partial charge in [-0.2, -0.15) is 5.10 Å². The molecule has 138 valence electrons. The molecule has 1 amide bonds. The van der Waals surface area contributed by atoms with Crippen molar-refractivity contribution in [1.82, 2.24) is 19.7 Å². The van der Waals surface area contributed by atoms with Crippen LogP contribution in [-0.4, -0.2) is 25.7 Å². The summed E-state index contributed by atoms with van der Waals surface area (Å²) in [6.45, 7) is 4.13. The first kappa shape index (κ1) is 17.3. The Bertz CT molecular complexity index is 1090. The normalized spacial score (nSPS) is 11.5. The Balaban J connectivity index is 1.36. The molecule has 2 N–H and O–H groups in total. The largest absolute Gasteiger partial charge is 0.361 e. The Hall–Kier alpha value is -3.15. The quantitative estimate of drug-likeness (QED) is 0.532. The third-order valence-corrected chi connectivity index (χ3v) is 4.73. The van der Waals surface area contributed by atoms with Crippen molar-refractivity contribution in [3.05, 3.63) is 54.5 Å². The van der Waals surface area contributed by atoms with Crippen LogP contribution in [0.1, 0.15) is 38.3 Å². The predicted octanol–water partition coefficient (Wildman–Crippen LogP) is 4.45. The van der Waals surface area contributed by atoms with Crippen molar-refractivity contribution < 1.29 is 4.79 Å². The highest BCUT2D eigenvalue weighted by atomic mass is 16.1. The maximum absolute atomic E-state index is 12.3. The van der Waals surface area contributed by atoms with Crippen LogP contribution >= 0.6 is 0 Å². The molecule has 0 aliphatic heterocycles. The van der Waals surface area contributed by atoms with Gasteiger partial charge in [0.2, 0.25) is 5.91 Å². The molecule has 27 heavy (non-hydrogen) atoms. The predicted molar refractivity (Wildman–Crippen MR) is 108 cm³/mol. The maximum Gasteiger partial charge on any atom is 0.224 e. The first-order valence-electron chi connectivity index (χ1n) is 9.30. The number of rotatable bonds is 6. The molecule has 1 aromatic carbocycles. The van der Waals surface area contributed by atoms with Crippen LogP contribution < -0.4 is 5.32 Å². The number of H-pyrrole nitrogens is 1. The number of aromatic amines is 1. The van der Waals surface area contributed by atoms with Gasteiger partial charge in [-0.05, 0) is 44.4 Å². The van der Waals surface area contributed by atoms with E-state index in [-0.39, 0.29) is 11.9 Å². The molecule has 4 rings (SSSR count). The zero-order chi connectivity index (χ0) is 18.8. The Labute approximate surface area is 157 Å². The van der Waals surface area contributed by atoms with E-state index in [0.29, 0.717) is 12.1 Å². The number of carbonyl (C=O) groups is 1. The van der Waals surface area contributed by atoms with Gasteiger partial charge < -0.3 is 10.3 Å². The molecule has 0 saturated heterocycles. The molecular weight excluding hydrogens is 338 g/mol. The van der Waals surface area contributed by atoms with E-state index < -0.39 is 0 Å². The lowest BCUT2D eigenvalue weighted by atomic mass is 10.1. The van der Waals surface area contributed by atoms with Gasteiger partial charge in [-0.3, -0.25) is 4.79 Å². The molecule has 6 nitrogen and oxygen atoms in total. The molecule has 0 aliphatic carbocycles. The second-order valence-corrected chi connectivity index (χ2v) is 7.08. The van der Waals surface area contributed by atoms with Crippen molar-refractivity contribution in [3.8, 4) is 0 Å². The van der Waals surface area contributed by atoms with Crippen LogP contribution in [0, 0.1) is 0 Å². The minimum absolute atomic E-state index is 0.00671. The first-order chi connectivity index (χ1) is 13.1. The number of benzene rings is 1. The molecular formula is C21H23N5O. The summed E-state index contributed by atoms with van der Waals surface area (Å²) in [5, 5.41) is 9.46. The highest BCUT2D eigenvalue weighted by molar-refractivity contribution is 5.92. The number of carbonyl (C=O) groups excluding carboxylic acids is 1. The van der Waals surface area contributed by atoms with Crippen molar-refractivity contribution in [1.29, 1.82) is 0 Å². The van der Waals surface area contributed by atoms with E-state index in [2.05, 4.69) is 46.4 Å². The zero-order valence-electron chi connectivity index (χ0n) is 15.6. The number of aromatic nitrogens is 4. The molecule has 0 radical (unpaired) electrons. The monoisotopic (exact) mass is 361 g/mol. The van der Waals surface area contributed by atoms with E-state index in [1.807, 2.05) is 29.1 Å². The Morgan fingerprint density at radius 3 is 2.96 bits per heavy atom. The summed E-state index contributed by atoms with van der Waals surface area (Å²) >= 11 is 0. The summed E-state index contributed by atoms with van der Waals surface area (Å²) in [4.78, 5) is 20.0. The number of para-hydroxylation sites is 1. The number of fused-ring (bicyclic) bond motifs is 2. The van der Waals surface area contributed by atoms with Gasteiger partial charge in [-0.25, -0.2) is 9.67 Å². The molecule has 0 saturated carbocycles. The molecule has 0 aliphatic rings. The molecule has 0 bridgehead atoms. The summed E-state index contributed by atoms with van der Waals surface area (Å²) in [5.74, 6) is 0.00671. The number of anilines is 1.